The molecule has 3 rings (SSSR count). The predicted octanol–water partition coefficient (Wildman–Crippen LogP) is 2.75. The van der Waals surface area contributed by atoms with Crippen LogP contribution in [0.15, 0.2) is 22.2 Å². The molecule has 0 aliphatic carbocycles. The Hall–Kier alpha value is -1.42. The van der Waals surface area contributed by atoms with Crippen molar-refractivity contribution in [3.63, 3.8) is 0 Å². The number of aromatic nitrogens is 2. The number of thiazole rings is 1. The van der Waals surface area contributed by atoms with E-state index in [9.17, 15) is 0 Å². The van der Waals surface area contributed by atoms with Gasteiger partial charge < -0.3 is 4.52 Å². The van der Waals surface area contributed by atoms with E-state index in [1.807, 2.05) is 18.5 Å². The normalized spacial score (nSPS) is 11.5. The minimum Gasteiger partial charge on any atom is -0.354 e. The molecule has 4 heteroatoms. The first-order valence-corrected chi connectivity index (χ1v) is 4.82. The van der Waals surface area contributed by atoms with Crippen LogP contribution in [0.2, 0.25) is 0 Å². The van der Waals surface area contributed by atoms with Gasteiger partial charge >= 0.3 is 0 Å². The lowest BCUT2D eigenvalue weighted by Crippen LogP contribution is -1.70. The first-order chi connectivity index (χ1) is 6.36. The molecule has 0 atom stereocenters. The summed E-state index contributed by atoms with van der Waals surface area (Å²) in [7, 11) is 0. The van der Waals surface area contributed by atoms with E-state index in [4.69, 9.17) is 4.52 Å². The van der Waals surface area contributed by atoms with E-state index in [-0.39, 0.29) is 0 Å². The summed E-state index contributed by atoms with van der Waals surface area (Å²) in [5, 5.41) is 4.97. The van der Waals surface area contributed by atoms with Gasteiger partial charge in [0.2, 0.25) is 0 Å². The van der Waals surface area contributed by atoms with E-state index < -0.39 is 0 Å². The molecule has 0 N–H and O–H groups in total. The van der Waals surface area contributed by atoms with Gasteiger partial charge in [0.1, 0.15) is 5.52 Å². The van der Waals surface area contributed by atoms with Crippen molar-refractivity contribution in [2.75, 3.05) is 0 Å². The van der Waals surface area contributed by atoms with Crippen LogP contribution in [0.1, 0.15) is 5.69 Å². The summed E-state index contributed by atoms with van der Waals surface area (Å²) in [6, 6.07) is 4.08. The highest BCUT2D eigenvalue weighted by Gasteiger charge is 2.09. The summed E-state index contributed by atoms with van der Waals surface area (Å²) >= 11 is 1.61. The van der Waals surface area contributed by atoms with E-state index in [1.165, 1.54) is 0 Å². The van der Waals surface area contributed by atoms with Crippen molar-refractivity contribution in [1.82, 2.24) is 10.1 Å². The summed E-state index contributed by atoms with van der Waals surface area (Å²) in [6.07, 6.45) is 0. The molecular weight excluding hydrogens is 184 g/mol. The minimum absolute atomic E-state index is 0.802. The maximum absolute atomic E-state index is 5.21. The third kappa shape index (κ3) is 0.833. The van der Waals surface area contributed by atoms with Crippen molar-refractivity contribution in [3.05, 3.63) is 23.3 Å². The third-order valence-corrected chi connectivity index (χ3v) is 2.91. The molecule has 0 spiro atoms. The number of fused-ring (bicyclic) bond motifs is 3. The Balaban J connectivity index is 2.66. The fraction of sp³-hybridized carbons (Fsp3) is 0.111. The largest absolute Gasteiger partial charge is 0.354 e. The summed E-state index contributed by atoms with van der Waals surface area (Å²) < 4.78 is 6.36. The Morgan fingerprint density at radius 1 is 1.38 bits per heavy atom. The Bertz CT molecular complexity index is 581. The van der Waals surface area contributed by atoms with Crippen molar-refractivity contribution in [1.29, 1.82) is 0 Å². The second kappa shape index (κ2) is 2.29. The van der Waals surface area contributed by atoms with Crippen molar-refractivity contribution in [2.45, 2.75) is 6.92 Å². The average molecular weight is 190 g/mol. The first-order valence-electron chi connectivity index (χ1n) is 3.94. The highest BCUT2D eigenvalue weighted by molar-refractivity contribution is 7.16. The maximum Gasteiger partial charge on any atom is 0.194 e. The zero-order valence-corrected chi connectivity index (χ0v) is 7.76. The predicted molar refractivity (Wildman–Crippen MR) is 51.9 cm³/mol. The highest BCUT2D eigenvalue weighted by atomic mass is 32.1. The monoisotopic (exact) mass is 190 g/mol. The standard InChI is InChI=1S/C9H6N2OS/c1-5-6-2-3-7-8(10-4-13-7)9(6)12-11-5/h2-4H,1H3. The molecule has 2 heterocycles. The van der Waals surface area contributed by atoms with E-state index in [2.05, 4.69) is 16.2 Å². The molecular formula is C9H6N2OS. The van der Waals surface area contributed by atoms with Gasteiger partial charge in [-0.3, -0.25) is 0 Å². The molecule has 13 heavy (non-hydrogen) atoms. The molecule has 0 radical (unpaired) electrons. The molecule has 1 aromatic carbocycles. The van der Waals surface area contributed by atoms with Gasteiger partial charge in [-0.05, 0) is 19.1 Å². The van der Waals surface area contributed by atoms with E-state index in [0.29, 0.717) is 0 Å². The average Bonchev–Trinajstić information content (AvgIpc) is 2.70. The third-order valence-electron chi connectivity index (χ3n) is 2.12. The van der Waals surface area contributed by atoms with Crippen molar-refractivity contribution in [3.8, 4) is 0 Å². The molecule has 0 unspecified atom stereocenters. The quantitative estimate of drug-likeness (QED) is 0.547. The Kier molecular flexibility index (Phi) is 1.24. The van der Waals surface area contributed by atoms with Gasteiger partial charge in [-0.1, -0.05) is 5.16 Å². The van der Waals surface area contributed by atoms with Crippen molar-refractivity contribution in [2.24, 2.45) is 0 Å². The minimum atomic E-state index is 0.802. The smallest absolute Gasteiger partial charge is 0.194 e. The summed E-state index contributed by atoms with van der Waals surface area (Å²) in [6.45, 7) is 1.93. The molecule has 0 saturated heterocycles. The van der Waals surface area contributed by atoms with Gasteiger partial charge in [-0.15, -0.1) is 11.3 Å². The summed E-state index contributed by atoms with van der Waals surface area (Å²) in [4.78, 5) is 4.24. The van der Waals surface area contributed by atoms with E-state index >= 15 is 0 Å². The second-order valence-corrected chi connectivity index (χ2v) is 3.80. The van der Waals surface area contributed by atoms with Gasteiger partial charge in [0.05, 0.1) is 15.9 Å². The Morgan fingerprint density at radius 3 is 3.23 bits per heavy atom. The van der Waals surface area contributed by atoms with Crippen LogP contribution >= 0.6 is 11.3 Å². The molecule has 64 valence electrons. The van der Waals surface area contributed by atoms with Crippen molar-refractivity contribution < 1.29 is 4.52 Å². The first kappa shape index (κ1) is 7.03. The van der Waals surface area contributed by atoms with Crippen LogP contribution in [-0.2, 0) is 0 Å². The molecule has 3 nitrogen and oxygen atoms in total. The zero-order valence-electron chi connectivity index (χ0n) is 6.94. The van der Waals surface area contributed by atoms with Crippen LogP contribution in [0.4, 0.5) is 0 Å². The number of rotatable bonds is 0. The van der Waals surface area contributed by atoms with Crippen LogP contribution in [0.25, 0.3) is 21.2 Å². The number of nitrogens with zero attached hydrogens (tertiary/aromatic N) is 2. The lowest BCUT2D eigenvalue weighted by Gasteiger charge is -1.87. The maximum atomic E-state index is 5.21. The van der Waals surface area contributed by atoms with Crippen molar-refractivity contribution >= 4 is 32.5 Å². The van der Waals surface area contributed by atoms with Crippen LogP contribution in [0, 0.1) is 6.92 Å². The van der Waals surface area contributed by atoms with E-state index in [1.54, 1.807) is 11.3 Å². The fourth-order valence-electron chi connectivity index (χ4n) is 1.45. The molecule has 0 fully saturated rings. The van der Waals surface area contributed by atoms with Gasteiger partial charge in [-0.2, -0.15) is 0 Å². The molecule has 2 aromatic heterocycles. The topological polar surface area (TPSA) is 38.9 Å². The lowest BCUT2D eigenvalue weighted by molar-refractivity contribution is 0.452. The molecule has 3 aromatic rings. The van der Waals surface area contributed by atoms with Gasteiger partial charge in [0, 0.05) is 5.39 Å². The van der Waals surface area contributed by atoms with E-state index in [0.717, 1.165) is 26.9 Å². The highest BCUT2D eigenvalue weighted by Crippen LogP contribution is 2.28. The van der Waals surface area contributed by atoms with Crippen LogP contribution in [0.3, 0.4) is 0 Å². The molecule has 0 bridgehead atoms. The van der Waals surface area contributed by atoms with Crippen LogP contribution in [-0.4, -0.2) is 10.1 Å². The molecule has 0 aliphatic rings. The summed E-state index contributed by atoms with van der Waals surface area (Å²) in [5.41, 5.74) is 4.46. The van der Waals surface area contributed by atoms with Gasteiger partial charge in [0.25, 0.3) is 0 Å². The number of hydrogen-bond acceptors (Lipinski definition) is 4. The number of aryl methyl sites for hydroxylation is 1. The molecule has 0 aliphatic heterocycles. The second-order valence-electron chi connectivity index (χ2n) is 2.91. The number of hydrogen-bond donors (Lipinski definition) is 0. The fourth-order valence-corrected chi connectivity index (χ4v) is 2.12. The molecule has 0 amide bonds. The summed E-state index contributed by atoms with van der Waals surface area (Å²) in [5.74, 6) is 0. The van der Waals surface area contributed by atoms with Crippen LogP contribution < -0.4 is 0 Å². The zero-order chi connectivity index (χ0) is 8.84. The Labute approximate surface area is 78.0 Å². The Morgan fingerprint density at radius 2 is 2.31 bits per heavy atom. The number of benzene rings is 1. The van der Waals surface area contributed by atoms with Gasteiger partial charge in [-0.25, -0.2) is 4.98 Å². The molecule has 0 saturated carbocycles. The van der Waals surface area contributed by atoms with Crippen LogP contribution in [0.5, 0.6) is 0 Å². The SMILES string of the molecule is Cc1noc2c1ccc1scnc12. The van der Waals surface area contributed by atoms with Gasteiger partial charge in [0.15, 0.2) is 5.58 Å². The lowest BCUT2D eigenvalue weighted by atomic mass is 10.2.